The molecule has 1 aliphatic rings. The lowest BCUT2D eigenvalue weighted by atomic mass is 10.1. The molecule has 0 aliphatic heterocycles. The first-order valence-corrected chi connectivity index (χ1v) is 6.60. The molecule has 1 fully saturated rings. The first-order chi connectivity index (χ1) is 8.98. The Bertz CT molecular complexity index is 483. The van der Waals surface area contributed by atoms with Crippen LogP contribution in [-0.4, -0.2) is 36.1 Å². The average Bonchev–Trinajstić information content (AvgIpc) is 3.20. The molecular formula is C15H20FNO2. The molecule has 0 bridgehead atoms. The van der Waals surface area contributed by atoms with Crippen molar-refractivity contribution in [2.75, 3.05) is 20.2 Å². The van der Waals surface area contributed by atoms with E-state index in [1.807, 2.05) is 6.07 Å². The van der Waals surface area contributed by atoms with Gasteiger partial charge in [0, 0.05) is 13.6 Å². The lowest BCUT2D eigenvalue weighted by Crippen LogP contribution is -2.37. The first kappa shape index (κ1) is 14.0. The number of aliphatic hydroxyl groups is 1. The Balaban J connectivity index is 1.91. The molecule has 104 valence electrons. The molecule has 19 heavy (non-hydrogen) atoms. The second-order valence-corrected chi connectivity index (χ2v) is 5.50. The van der Waals surface area contributed by atoms with E-state index in [2.05, 4.69) is 0 Å². The lowest BCUT2D eigenvalue weighted by Gasteiger charge is -2.22. The molecule has 1 aliphatic carbocycles. The molecule has 0 aromatic heterocycles. The Morgan fingerprint density at radius 1 is 1.47 bits per heavy atom. The van der Waals surface area contributed by atoms with Crippen LogP contribution in [0.25, 0.3) is 0 Å². The van der Waals surface area contributed by atoms with Gasteiger partial charge in [-0.05, 0) is 43.4 Å². The van der Waals surface area contributed by atoms with Gasteiger partial charge in [-0.1, -0.05) is 12.1 Å². The normalized spacial score (nSPS) is 16.2. The van der Waals surface area contributed by atoms with Gasteiger partial charge in [0.25, 0.3) is 0 Å². The number of likely N-dealkylation sites (N-methyl/N-ethyl adjacent to an activating group) is 1. The predicted octanol–water partition coefficient (Wildman–Crippen LogP) is 1.91. The molecule has 0 unspecified atom stereocenters. The summed E-state index contributed by atoms with van der Waals surface area (Å²) in [6, 6.07) is 5.02. The van der Waals surface area contributed by atoms with E-state index in [4.69, 9.17) is 0 Å². The number of aliphatic hydroxyl groups excluding tert-OH is 1. The zero-order chi connectivity index (χ0) is 14.0. The number of benzene rings is 1. The summed E-state index contributed by atoms with van der Waals surface area (Å²) in [7, 11) is 1.76. The number of hydrogen-bond acceptors (Lipinski definition) is 2. The molecule has 0 radical (unpaired) electrons. The molecule has 1 aromatic carbocycles. The van der Waals surface area contributed by atoms with E-state index >= 15 is 0 Å². The van der Waals surface area contributed by atoms with Crippen molar-refractivity contribution in [1.82, 2.24) is 4.90 Å². The zero-order valence-electron chi connectivity index (χ0n) is 11.4. The summed E-state index contributed by atoms with van der Waals surface area (Å²) in [5.74, 6) is -0.181. The molecule has 0 saturated heterocycles. The Kier molecular flexibility index (Phi) is 3.90. The summed E-state index contributed by atoms with van der Waals surface area (Å²) in [4.78, 5) is 13.8. The van der Waals surface area contributed by atoms with Crippen molar-refractivity contribution in [1.29, 1.82) is 0 Å². The van der Waals surface area contributed by atoms with Crippen molar-refractivity contribution >= 4 is 5.91 Å². The lowest BCUT2D eigenvalue weighted by molar-refractivity contribution is -0.137. The highest BCUT2D eigenvalue weighted by Crippen LogP contribution is 2.46. The fraction of sp³-hybridized carbons (Fsp3) is 0.533. The summed E-state index contributed by atoms with van der Waals surface area (Å²) < 4.78 is 13.1. The standard InChI is InChI=1S/C15H20FNO2/c1-11-9-12(3-4-13(11)16)5-8-17(2)14(19)15(10-18)6-7-15/h3-4,9,18H,5-8,10H2,1-2H3. The van der Waals surface area contributed by atoms with E-state index in [1.165, 1.54) is 6.07 Å². The number of aryl methyl sites for hydroxylation is 1. The number of carbonyl (C=O) groups excluding carboxylic acids is 1. The van der Waals surface area contributed by atoms with Gasteiger partial charge in [-0.15, -0.1) is 0 Å². The fourth-order valence-corrected chi connectivity index (χ4v) is 2.26. The molecule has 0 spiro atoms. The van der Waals surface area contributed by atoms with Crippen LogP contribution in [0.4, 0.5) is 4.39 Å². The SMILES string of the molecule is Cc1cc(CCN(C)C(=O)C2(CO)CC2)ccc1F. The molecule has 1 N–H and O–H groups in total. The molecule has 3 nitrogen and oxygen atoms in total. The second kappa shape index (κ2) is 5.29. The van der Waals surface area contributed by atoms with E-state index in [1.54, 1.807) is 24.9 Å². The van der Waals surface area contributed by atoms with Crippen LogP contribution in [-0.2, 0) is 11.2 Å². The number of amides is 1. The van der Waals surface area contributed by atoms with Crippen molar-refractivity contribution in [3.05, 3.63) is 35.1 Å². The van der Waals surface area contributed by atoms with Gasteiger partial charge >= 0.3 is 0 Å². The van der Waals surface area contributed by atoms with Crippen LogP contribution in [0, 0.1) is 18.2 Å². The highest BCUT2D eigenvalue weighted by molar-refractivity contribution is 5.85. The van der Waals surface area contributed by atoms with Gasteiger partial charge in [-0.25, -0.2) is 4.39 Å². The summed E-state index contributed by atoms with van der Waals surface area (Å²) in [6.07, 6.45) is 2.26. The van der Waals surface area contributed by atoms with Gasteiger partial charge in [0.2, 0.25) is 5.91 Å². The van der Waals surface area contributed by atoms with Crippen LogP contribution in [0.2, 0.25) is 0 Å². The van der Waals surface area contributed by atoms with Gasteiger partial charge in [-0.2, -0.15) is 0 Å². The average molecular weight is 265 g/mol. The number of nitrogens with zero attached hydrogens (tertiary/aromatic N) is 1. The van der Waals surface area contributed by atoms with Crippen molar-refractivity contribution in [3.8, 4) is 0 Å². The van der Waals surface area contributed by atoms with Crippen LogP contribution < -0.4 is 0 Å². The third kappa shape index (κ3) is 2.95. The number of hydrogen-bond donors (Lipinski definition) is 1. The van der Waals surface area contributed by atoms with Crippen molar-refractivity contribution in [2.45, 2.75) is 26.2 Å². The van der Waals surface area contributed by atoms with Crippen LogP contribution in [0.15, 0.2) is 18.2 Å². The fourth-order valence-electron chi connectivity index (χ4n) is 2.26. The Labute approximate surface area is 113 Å². The van der Waals surface area contributed by atoms with Gasteiger partial charge in [0.1, 0.15) is 5.82 Å². The third-order valence-corrected chi connectivity index (χ3v) is 3.91. The van der Waals surface area contributed by atoms with Crippen molar-refractivity contribution in [2.24, 2.45) is 5.41 Å². The molecular weight excluding hydrogens is 245 g/mol. The second-order valence-electron chi connectivity index (χ2n) is 5.50. The highest BCUT2D eigenvalue weighted by Gasteiger charge is 2.50. The van der Waals surface area contributed by atoms with Gasteiger partial charge in [0.15, 0.2) is 0 Å². The van der Waals surface area contributed by atoms with Crippen LogP contribution in [0.5, 0.6) is 0 Å². The number of carbonyl (C=O) groups is 1. The van der Waals surface area contributed by atoms with Gasteiger partial charge in [-0.3, -0.25) is 4.79 Å². The van der Waals surface area contributed by atoms with Gasteiger partial charge in [0.05, 0.1) is 12.0 Å². The predicted molar refractivity (Wildman–Crippen MR) is 71.2 cm³/mol. The van der Waals surface area contributed by atoms with Gasteiger partial charge < -0.3 is 10.0 Å². The minimum Gasteiger partial charge on any atom is -0.395 e. The number of halogens is 1. The molecule has 1 saturated carbocycles. The molecule has 0 atom stereocenters. The third-order valence-electron chi connectivity index (χ3n) is 3.91. The van der Waals surface area contributed by atoms with Crippen LogP contribution in [0.1, 0.15) is 24.0 Å². The number of rotatable bonds is 5. The summed E-state index contributed by atoms with van der Waals surface area (Å²) in [6.45, 7) is 2.26. The Morgan fingerprint density at radius 3 is 2.68 bits per heavy atom. The summed E-state index contributed by atoms with van der Waals surface area (Å²) in [5.41, 5.74) is 1.14. The van der Waals surface area contributed by atoms with E-state index in [9.17, 15) is 14.3 Å². The Morgan fingerprint density at radius 2 is 2.16 bits per heavy atom. The van der Waals surface area contributed by atoms with E-state index in [-0.39, 0.29) is 18.3 Å². The quantitative estimate of drug-likeness (QED) is 0.883. The summed E-state index contributed by atoms with van der Waals surface area (Å²) in [5, 5.41) is 9.24. The van der Waals surface area contributed by atoms with E-state index < -0.39 is 5.41 Å². The van der Waals surface area contributed by atoms with E-state index in [0.717, 1.165) is 18.4 Å². The molecule has 1 amide bonds. The first-order valence-electron chi connectivity index (χ1n) is 6.60. The minimum absolute atomic E-state index is 0.0221. The minimum atomic E-state index is -0.506. The molecule has 2 rings (SSSR count). The van der Waals surface area contributed by atoms with Crippen molar-refractivity contribution < 1.29 is 14.3 Å². The maximum atomic E-state index is 13.1. The topological polar surface area (TPSA) is 40.5 Å². The maximum Gasteiger partial charge on any atom is 0.230 e. The molecule has 0 heterocycles. The molecule has 1 aromatic rings. The smallest absolute Gasteiger partial charge is 0.230 e. The highest BCUT2D eigenvalue weighted by atomic mass is 19.1. The van der Waals surface area contributed by atoms with Crippen LogP contribution >= 0.6 is 0 Å². The van der Waals surface area contributed by atoms with Crippen LogP contribution in [0.3, 0.4) is 0 Å². The summed E-state index contributed by atoms with van der Waals surface area (Å²) >= 11 is 0. The zero-order valence-corrected chi connectivity index (χ0v) is 11.4. The van der Waals surface area contributed by atoms with Crippen molar-refractivity contribution in [3.63, 3.8) is 0 Å². The monoisotopic (exact) mass is 265 g/mol. The Hall–Kier alpha value is -1.42. The molecule has 4 heteroatoms. The maximum absolute atomic E-state index is 13.1. The van der Waals surface area contributed by atoms with E-state index in [0.29, 0.717) is 18.5 Å². The largest absolute Gasteiger partial charge is 0.395 e.